The summed E-state index contributed by atoms with van der Waals surface area (Å²) in [6, 6.07) is 23.8. The van der Waals surface area contributed by atoms with Crippen LogP contribution in [0.4, 0.5) is 0 Å². The first kappa shape index (κ1) is 13.0. The van der Waals surface area contributed by atoms with Gasteiger partial charge < -0.3 is 0 Å². The first-order chi connectivity index (χ1) is 9.33. The Hall–Kier alpha value is -1.00. The summed E-state index contributed by atoms with van der Waals surface area (Å²) in [7, 11) is 0. The molecule has 2 heteroatoms. The molecular weight excluding hydrogens is 363 g/mol. The third-order valence-electron chi connectivity index (χ3n) is 3.06. The van der Waals surface area contributed by atoms with Crippen molar-refractivity contribution in [1.29, 1.82) is 0 Å². The molecule has 0 saturated heterocycles. The predicted molar refractivity (Wildman–Crippen MR) is 92.7 cm³/mol. The fourth-order valence-corrected chi connectivity index (χ4v) is 3.45. The molecular formula is C17H13IS. The molecule has 0 radical (unpaired) electrons. The van der Waals surface area contributed by atoms with Crippen molar-refractivity contribution >= 4 is 45.1 Å². The smallest absolute Gasteiger partial charge is 0.0232 e. The Morgan fingerprint density at radius 3 is 2.37 bits per heavy atom. The van der Waals surface area contributed by atoms with E-state index in [1.807, 2.05) is 11.8 Å². The van der Waals surface area contributed by atoms with E-state index in [1.54, 1.807) is 0 Å². The Morgan fingerprint density at radius 1 is 0.789 bits per heavy atom. The molecule has 0 nitrogen and oxygen atoms in total. The Balaban J connectivity index is 1.84. The van der Waals surface area contributed by atoms with Crippen molar-refractivity contribution in [3.63, 3.8) is 0 Å². The summed E-state index contributed by atoms with van der Waals surface area (Å²) < 4.78 is 1.29. The molecule has 0 bridgehead atoms. The maximum absolute atomic E-state index is 2.34. The fourth-order valence-electron chi connectivity index (χ4n) is 2.06. The highest BCUT2D eigenvalue weighted by Crippen LogP contribution is 2.30. The lowest BCUT2D eigenvalue weighted by Crippen LogP contribution is -1.82. The molecule has 3 aromatic carbocycles. The van der Waals surface area contributed by atoms with Crippen LogP contribution in [0, 0.1) is 3.57 Å². The molecule has 0 aliphatic rings. The van der Waals surface area contributed by atoms with Crippen LogP contribution in [-0.2, 0) is 5.75 Å². The summed E-state index contributed by atoms with van der Waals surface area (Å²) in [6.45, 7) is 0. The molecule has 0 N–H and O–H groups in total. The second kappa shape index (κ2) is 5.97. The highest BCUT2D eigenvalue weighted by Gasteiger charge is 2.01. The van der Waals surface area contributed by atoms with E-state index in [2.05, 4.69) is 89.3 Å². The maximum atomic E-state index is 2.34. The van der Waals surface area contributed by atoms with Gasteiger partial charge in [-0.1, -0.05) is 48.5 Å². The Labute approximate surface area is 131 Å². The third-order valence-corrected chi connectivity index (χ3v) is 4.92. The van der Waals surface area contributed by atoms with Crippen molar-refractivity contribution in [2.45, 2.75) is 10.6 Å². The average molecular weight is 376 g/mol. The van der Waals surface area contributed by atoms with Gasteiger partial charge >= 0.3 is 0 Å². The van der Waals surface area contributed by atoms with Gasteiger partial charge in [-0.25, -0.2) is 0 Å². The molecule has 0 amide bonds. The van der Waals surface area contributed by atoms with Crippen LogP contribution < -0.4 is 0 Å². The quantitative estimate of drug-likeness (QED) is 0.415. The van der Waals surface area contributed by atoms with E-state index in [4.69, 9.17) is 0 Å². The molecule has 0 unspecified atom stereocenters. The Kier molecular flexibility index (Phi) is 4.09. The van der Waals surface area contributed by atoms with Gasteiger partial charge in [0.2, 0.25) is 0 Å². The van der Waals surface area contributed by atoms with E-state index < -0.39 is 0 Å². The summed E-state index contributed by atoms with van der Waals surface area (Å²) >= 11 is 4.25. The lowest BCUT2D eigenvalue weighted by atomic mass is 10.1. The number of halogens is 1. The molecule has 0 heterocycles. The molecule has 0 fully saturated rings. The molecule has 3 rings (SSSR count). The van der Waals surface area contributed by atoms with Crippen molar-refractivity contribution in [2.75, 3.05) is 0 Å². The van der Waals surface area contributed by atoms with Crippen molar-refractivity contribution in [3.8, 4) is 0 Å². The van der Waals surface area contributed by atoms with E-state index >= 15 is 0 Å². The van der Waals surface area contributed by atoms with Crippen LogP contribution in [0.25, 0.3) is 10.8 Å². The molecule has 3 aromatic rings. The number of benzene rings is 3. The highest BCUT2D eigenvalue weighted by atomic mass is 127. The minimum Gasteiger partial charge on any atom is -0.121 e. The van der Waals surface area contributed by atoms with Crippen LogP contribution in [-0.4, -0.2) is 0 Å². The lowest BCUT2D eigenvalue weighted by Gasteiger charge is -2.06. The van der Waals surface area contributed by atoms with E-state index in [0.29, 0.717) is 0 Å². The standard InChI is InChI=1S/C17H13IS/c18-15-10-8-13(9-11-15)12-19-17-7-3-5-14-4-1-2-6-16(14)17/h1-11H,12H2. The topological polar surface area (TPSA) is 0 Å². The molecule has 0 atom stereocenters. The largest absolute Gasteiger partial charge is 0.121 e. The molecule has 0 saturated carbocycles. The SMILES string of the molecule is Ic1ccc(CSc2cccc3ccccc23)cc1. The minimum atomic E-state index is 1.02. The zero-order valence-corrected chi connectivity index (χ0v) is 13.3. The van der Waals surface area contributed by atoms with Gasteiger partial charge in [0.05, 0.1) is 0 Å². The summed E-state index contributed by atoms with van der Waals surface area (Å²) in [6.07, 6.45) is 0. The number of rotatable bonds is 3. The van der Waals surface area contributed by atoms with Crippen LogP contribution in [0.1, 0.15) is 5.56 Å². The molecule has 19 heavy (non-hydrogen) atoms. The lowest BCUT2D eigenvalue weighted by molar-refractivity contribution is 1.39. The van der Waals surface area contributed by atoms with Crippen LogP contribution in [0.5, 0.6) is 0 Å². The minimum absolute atomic E-state index is 1.02. The number of hydrogen-bond acceptors (Lipinski definition) is 1. The molecule has 0 aliphatic carbocycles. The number of fused-ring (bicyclic) bond motifs is 1. The maximum Gasteiger partial charge on any atom is 0.0232 e. The van der Waals surface area contributed by atoms with Gasteiger partial charge in [-0.2, -0.15) is 0 Å². The molecule has 0 spiro atoms. The summed E-state index contributed by atoms with van der Waals surface area (Å²) in [4.78, 5) is 1.36. The van der Waals surface area contributed by atoms with E-state index in [-0.39, 0.29) is 0 Å². The highest BCUT2D eigenvalue weighted by molar-refractivity contribution is 14.1. The summed E-state index contributed by atoms with van der Waals surface area (Å²) in [5.74, 6) is 1.02. The number of thioether (sulfide) groups is 1. The van der Waals surface area contributed by atoms with Gasteiger partial charge in [-0.15, -0.1) is 11.8 Å². The monoisotopic (exact) mass is 376 g/mol. The van der Waals surface area contributed by atoms with Gasteiger partial charge in [0, 0.05) is 14.2 Å². The van der Waals surface area contributed by atoms with Crippen molar-refractivity contribution < 1.29 is 0 Å². The molecule has 0 aromatic heterocycles. The van der Waals surface area contributed by atoms with Gasteiger partial charge in [0.15, 0.2) is 0 Å². The summed E-state index contributed by atoms with van der Waals surface area (Å²) in [5, 5.41) is 2.66. The average Bonchev–Trinajstić information content (AvgIpc) is 2.47. The first-order valence-corrected chi connectivity index (χ1v) is 8.24. The molecule has 94 valence electrons. The zero-order valence-electron chi connectivity index (χ0n) is 10.3. The van der Waals surface area contributed by atoms with Crippen LogP contribution in [0.15, 0.2) is 71.6 Å². The predicted octanol–water partition coefficient (Wildman–Crippen LogP) is 5.74. The first-order valence-electron chi connectivity index (χ1n) is 6.18. The van der Waals surface area contributed by atoms with Gasteiger partial charge in [0.1, 0.15) is 0 Å². The second-order valence-corrected chi connectivity index (χ2v) is 6.66. The van der Waals surface area contributed by atoms with E-state index in [9.17, 15) is 0 Å². The Morgan fingerprint density at radius 2 is 1.53 bits per heavy atom. The van der Waals surface area contributed by atoms with Gasteiger partial charge in [0.25, 0.3) is 0 Å². The van der Waals surface area contributed by atoms with Crippen LogP contribution >= 0.6 is 34.4 Å². The normalized spacial score (nSPS) is 10.8. The second-order valence-electron chi connectivity index (χ2n) is 4.39. The van der Waals surface area contributed by atoms with Gasteiger partial charge in [-0.05, 0) is 57.1 Å². The molecule has 0 aliphatic heterocycles. The zero-order chi connectivity index (χ0) is 13.1. The number of hydrogen-bond donors (Lipinski definition) is 0. The van der Waals surface area contributed by atoms with Crippen molar-refractivity contribution in [2.24, 2.45) is 0 Å². The van der Waals surface area contributed by atoms with Crippen LogP contribution in [0.3, 0.4) is 0 Å². The van der Waals surface area contributed by atoms with Crippen molar-refractivity contribution in [1.82, 2.24) is 0 Å². The van der Waals surface area contributed by atoms with E-state index in [1.165, 1.54) is 24.8 Å². The third kappa shape index (κ3) is 3.12. The van der Waals surface area contributed by atoms with Gasteiger partial charge in [-0.3, -0.25) is 0 Å². The Bertz CT molecular complexity index is 684. The van der Waals surface area contributed by atoms with Crippen molar-refractivity contribution in [3.05, 3.63) is 75.9 Å². The summed E-state index contributed by atoms with van der Waals surface area (Å²) in [5.41, 5.74) is 1.37. The fraction of sp³-hybridized carbons (Fsp3) is 0.0588. The van der Waals surface area contributed by atoms with Crippen LogP contribution in [0.2, 0.25) is 0 Å². The van der Waals surface area contributed by atoms with E-state index in [0.717, 1.165) is 5.75 Å².